The van der Waals surface area contributed by atoms with E-state index >= 15 is 0 Å². The van der Waals surface area contributed by atoms with Gasteiger partial charge in [0.25, 0.3) is 0 Å². The fourth-order valence-electron chi connectivity index (χ4n) is 1.90. The minimum Gasteiger partial charge on any atom is -0.292 e. The molecule has 7 nitrogen and oxygen atoms in total. The Labute approximate surface area is 153 Å². The molecule has 0 fully saturated rings. The predicted octanol–water partition coefficient (Wildman–Crippen LogP) is 3.42. The van der Waals surface area contributed by atoms with Crippen molar-refractivity contribution in [2.45, 2.75) is 12.1 Å². The van der Waals surface area contributed by atoms with Crippen molar-refractivity contribution in [3.63, 3.8) is 0 Å². The summed E-state index contributed by atoms with van der Waals surface area (Å²) in [5, 5.41) is 16.9. The fourth-order valence-corrected chi connectivity index (χ4v) is 2.79. The van der Waals surface area contributed by atoms with Crippen LogP contribution in [0.3, 0.4) is 0 Å². The van der Waals surface area contributed by atoms with E-state index in [2.05, 4.69) is 26.1 Å². The molecule has 0 aliphatic rings. The first-order valence-electron chi connectivity index (χ1n) is 7.26. The fraction of sp³-hybridized carbons (Fsp3) is 0.0625. The molecule has 0 amide bonds. The molecule has 3 aromatic rings. The van der Waals surface area contributed by atoms with E-state index in [4.69, 9.17) is 11.6 Å². The Hall–Kier alpha value is -2.71. The molecule has 0 radical (unpaired) electrons. The van der Waals surface area contributed by atoms with Crippen LogP contribution in [0.1, 0.15) is 6.92 Å². The zero-order valence-electron chi connectivity index (χ0n) is 13.1. The second-order valence-corrected chi connectivity index (χ2v) is 6.24. The van der Waals surface area contributed by atoms with Gasteiger partial charge in [-0.1, -0.05) is 41.9 Å². The molecule has 2 aromatic carbocycles. The number of thioether (sulfide) groups is 1. The molecule has 0 saturated heterocycles. The van der Waals surface area contributed by atoms with Gasteiger partial charge in [0.1, 0.15) is 0 Å². The third kappa shape index (κ3) is 4.23. The van der Waals surface area contributed by atoms with Crippen molar-refractivity contribution >= 4 is 39.9 Å². The zero-order chi connectivity index (χ0) is 17.6. The van der Waals surface area contributed by atoms with E-state index in [9.17, 15) is 4.79 Å². The number of carbonyl (C=O) groups is 1. The van der Waals surface area contributed by atoms with Crippen LogP contribution >= 0.6 is 23.4 Å². The number of hydrazone groups is 1. The number of tetrazole rings is 1. The van der Waals surface area contributed by atoms with Crippen LogP contribution in [-0.4, -0.2) is 31.0 Å². The molecule has 0 aliphatic heterocycles. The van der Waals surface area contributed by atoms with Crippen molar-refractivity contribution in [2.24, 2.45) is 5.10 Å². The van der Waals surface area contributed by atoms with Crippen LogP contribution in [0.5, 0.6) is 0 Å². The second kappa shape index (κ2) is 7.91. The van der Waals surface area contributed by atoms with Gasteiger partial charge in [0.15, 0.2) is 10.8 Å². The van der Waals surface area contributed by atoms with Gasteiger partial charge in [0, 0.05) is 6.92 Å². The number of para-hydroxylation sites is 2. The zero-order valence-corrected chi connectivity index (χ0v) is 14.7. The standard InChI is InChI=1S/C16H13ClN6OS/c1-11(24)15(19-18-14-10-6-5-9-13(14)17)25-16-20-21-22-23(16)12-7-3-2-4-8-12/h2-10,18H,1H3. The summed E-state index contributed by atoms with van der Waals surface area (Å²) in [4.78, 5) is 11.9. The first-order chi connectivity index (χ1) is 12.1. The summed E-state index contributed by atoms with van der Waals surface area (Å²) < 4.78 is 1.54. The van der Waals surface area contributed by atoms with E-state index in [1.807, 2.05) is 42.5 Å². The van der Waals surface area contributed by atoms with Crippen LogP contribution in [0.25, 0.3) is 5.69 Å². The Morgan fingerprint density at radius 2 is 1.88 bits per heavy atom. The van der Waals surface area contributed by atoms with E-state index in [-0.39, 0.29) is 10.8 Å². The van der Waals surface area contributed by atoms with Gasteiger partial charge in [0.2, 0.25) is 5.16 Å². The largest absolute Gasteiger partial charge is 0.292 e. The topological polar surface area (TPSA) is 85.1 Å². The molecule has 3 rings (SSSR count). The molecule has 25 heavy (non-hydrogen) atoms. The number of nitrogens with one attached hydrogen (secondary N) is 1. The number of ketones is 1. The third-order valence-electron chi connectivity index (χ3n) is 3.08. The Morgan fingerprint density at radius 3 is 2.60 bits per heavy atom. The maximum Gasteiger partial charge on any atom is 0.220 e. The summed E-state index contributed by atoms with van der Waals surface area (Å²) in [7, 11) is 0. The van der Waals surface area contributed by atoms with Gasteiger partial charge in [-0.2, -0.15) is 9.78 Å². The maximum atomic E-state index is 11.9. The lowest BCUT2D eigenvalue weighted by Crippen LogP contribution is -2.10. The van der Waals surface area contributed by atoms with Crippen molar-refractivity contribution in [3.8, 4) is 5.69 Å². The highest BCUT2D eigenvalue weighted by Crippen LogP contribution is 2.23. The number of benzene rings is 2. The Kier molecular flexibility index (Phi) is 5.42. The van der Waals surface area contributed by atoms with Crippen molar-refractivity contribution in [3.05, 3.63) is 59.6 Å². The molecule has 9 heteroatoms. The molecule has 1 aromatic heterocycles. The number of hydrogen-bond donors (Lipinski definition) is 1. The molecule has 1 N–H and O–H groups in total. The van der Waals surface area contributed by atoms with Crippen molar-refractivity contribution < 1.29 is 4.79 Å². The lowest BCUT2D eigenvalue weighted by atomic mass is 10.3. The van der Waals surface area contributed by atoms with Crippen LogP contribution < -0.4 is 5.43 Å². The Bertz CT molecular complexity index is 912. The van der Waals surface area contributed by atoms with Gasteiger partial charge < -0.3 is 0 Å². The monoisotopic (exact) mass is 372 g/mol. The van der Waals surface area contributed by atoms with E-state index in [1.165, 1.54) is 6.92 Å². The van der Waals surface area contributed by atoms with E-state index in [0.29, 0.717) is 15.9 Å². The van der Waals surface area contributed by atoms with Crippen molar-refractivity contribution in [2.75, 3.05) is 5.43 Å². The molecule has 1 heterocycles. The summed E-state index contributed by atoms with van der Waals surface area (Å²) >= 11 is 7.15. The van der Waals surface area contributed by atoms with Gasteiger partial charge >= 0.3 is 0 Å². The number of rotatable bonds is 5. The smallest absolute Gasteiger partial charge is 0.220 e. The number of carbonyl (C=O) groups excluding carboxylic acids is 1. The molecule has 0 unspecified atom stereocenters. The number of halogens is 1. The highest BCUT2D eigenvalue weighted by Gasteiger charge is 2.16. The predicted molar refractivity (Wildman–Crippen MR) is 98.2 cm³/mol. The van der Waals surface area contributed by atoms with Crippen LogP contribution in [0.15, 0.2) is 64.9 Å². The number of Topliss-reactive ketones (excluding diaryl/α,β-unsaturated/α-hetero) is 1. The van der Waals surface area contributed by atoms with E-state index in [0.717, 1.165) is 17.4 Å². The van der Waals surface area contributed by atoms with Crippen LogP contribution in [0, 0.1) is 0 Å². The lowest BCUT2D eigenvalue weighted by molar-refractivity contribution is -0.110. The SMILES string of the molecule is CC(=O)C(=NNc1ccccc1Cl)Sc1nnnn1-c1ccccc1. The summed E-state index contributed by atoms with van der Waals surface area (Å²) in [6.07, 6.45) is 0. The van der Waals surface area contributed by atoms with Crippen molar-refractivity contribution in [1.29, 1.82) is 0 Å². The van der Waals surface area contributed by atoms with Gasteiger partial charge in [-0.05, 0) is 46.5 Å². The number of aromatic nitrogens is 4. The Morgan fingerprint density at radius 1 is 1.16 bits per heavy atom. The van der Waals surface area contributed by atoms with Crippen LogP contribution in [0.2, 0.25) is 5.02 Å². The van der Waals surface area contributed by atoms with Crippen LogP contribution in [0.4, 0.5) is 5.69 Å². The molecule has 0 aliphatic carbocycles. The van der Waals surface area contributed by atoms with Crippen molar-refractivity contribution in [1.82, 2.24) is 20.2 Å². The number of anilines is 1. The maximum absolute atomic E-state index is 11.9. The minimum atomic E-state index is -0.216. The number of nitrogens with zero attached hydrogens (tertiary/aromatic N) is 5. The highest BCUT2D eigenvalue weighted by atomic mass is 35.5. The van der Waals surface area contributed by atoms with E-state index < -0.39 is 0 Å². The summed E-state index contributed by atoms with van der Waals surface area (Å²) in [6, 6.07) is 16.5. The normalized spacial score (nSPS) is 11.4. The highest BCUT2D eigenvalue weighted by molar-refractivity contribution is 8.15. The average Bonchev–Trinajstić information content (AvgIpc) is 3.08. The quantitative estimate of drug-likeness (QED) is 0.319. The first-order valence-corrected chi connectivity index (χ1v) is 8.45. The average molecular weight is 373 g/mol. The van der Waals surface area contributed by atoms with Crippen LogP contribution in [-0.2, 0) is 4.79 Å². The molecular formula is C16H13ClN6OS. The number of hydrogen-bond acceptors (Lipinski definition) is 7. The second-order valence-electron chi connectivity index (χ2n) is 4.88. The molecule has 0 bridgehead atoms. The molecule has 0 atom stereocenters. The Balaban J connectivity index is 1.84. The van der Waals surface area contributed by atoms with Gasteiger partial charge in [-0.15, -0.1) is 5.10 Å². The molecule has 0 saturated carbocycles. The molecular weight excluding hydrogens is 360 g/mol. The summed E-state index contributed by atoms with van der Waals surface area (Å²) in [6.45, 7) is 1.43. The van der Waals surface area contributed by atoms with Gasteiger partial charge in [0.05, 0.1) is 16.4 Å². The lowest BCUT2D eigenvalue weighted by Gasteiger charge is -2.06. The third-order valence-corrected chi connectivity index (χ3v) is 4.42. The summed E-state index contributed by atoms with van der Waals surface area (Å²) in [5.74, 6) is -0.216. The summed E-state index contributed by atoms with van der Waals surface area (Å²) in [5.41, 5.74) is 4.19. The first kappa shape index (κ1) is 17.1. The van der Waals surface area contributed by atoms with Gasteiger partial charge in [-0.25, -0.2) is 0 Å². The molecule has 0 spiro atoms. The van der Waals surface area contributed by atoms with Gasteiger partial charge in [-0.3, -0.25) is 10.2 Å². The molecule has 126 valence electrons. The van der Waals surface area contributed by atoms with E-state index in [1.54, 1.807) is 16.8 Å². The minimum absolute atomic E-state index is 0.215.